The summed E-state index contributed by atoms with van der Waals surface area (Å²) in [6, 6.07) is 5.61. The van der Waals surface area contributed by atoms with Gasteiger partial charge in [-0.1, -0.05) is 11.6 Å². The molecule has 0 radical (unpaired) electrons. The van der Waals surface area contributed by atoms with E-state index in [0.717, 1.165) is 16.5 Å². The van der Waals surface area contributed by atoms with Gasteiger partial charge in [0.25, 0.3) is 5.91 Å². The van der Waals surface area contributed by atoms with Crippen LogP contribution in [0.1, 0.15) is 28.8 Å². The minimum Gasteiger partial charge on any atom is -0.481 e. The molecular formula is C14H16BrNO3. The lowest BCUT2D eigenvalue weighted by atomic mass is 9.97. The second kappa shape index (κ2) is 5.74. The number of piperidine rings is 1. The van der Waals surface area contributed by atoms with Crippen molar-refractivity contribution in [3.05, 3.63) is 33.8 Å². The van der Waals surface area contributed by atoms with Crippen molar-refractivity contribution in [2.24, 2.45) is 5.92 Å². The molecule has 0 bridgehead atoms. The van der Waals surface area contributed by atoms with E-state index >= 15 is 0 Å². The second-order valence-corrected chi connectivity index (χ2v) is 5.77. The average Bonchev–Trinajstić information content (AvgIpc) is 2.41. The number of nitrogens with zero attached hydrogens (tertiary/aromatic N) is 1. The third kappa shape index (κ3) is 3.15. The number of amides is 1. The number of carbonyl (C=O) groups is 2. The third-order valence-corrected chi connectivity index (χ3v) is 4.10. The number of likely N-dealkylation sites (tertiary alicyclic amines) is 1. The zero-order valence-electron chi connectivity index (χ0n) is 10.7. The van der Waals surface area contributed by atoms with Crippen LogP contribution in [-0.4, -0.2) is 35.0 Å². The summed E-state index contributed by atoms with van der Waals surface area (Å²) in [7, 11) is 0. The molecule has 19 heavy (non-hydrogen) atoms. The first-order chi connectivity index (χ1) is 8.99. The number of carboxylic acids is 1. The first kappa shape index (κ1) is 14.1. The number of aryl methyl sites for hydroxylation is 1. The number of aliphatic carboxylic acids is 1. The lowest BCUT2D eigenvalue weighted by Crippen LogP contribution is -2.42. The van der Waals surface area contributed by atoms with Crippen LogP contribution < -0.4 is 0 Å². The maximum Gasteiger partial charge on any atom is 0.308 e. The van der Waals surface area contributed by atoms with Crippen molar-refractivity contribution >= 4 is 27.8 Å². The van der Waals surface area contributed by atoms with E-state index in [1.807, 2.05) is 25.1 Å². The summed E-state index contributed by atoms with van der Waals surface area (Å²) in [4.78, 5) is 25.1. The predicted octanol–water partition coefficient (Wildman–Crippen LogP) is 2.69. The Kier molecular flexibility index (Phi) is 4.24. The number of carboxylic acid groups (broad SMARTS) is 1. The van der Waals surface area contributed by atoms with E-state index < -0.39 is 11.9 Å². The summed E-state index contributed by atoms with van der Waals surface area (Å²) < 4.78 is 0.751. The molecule has 1 aliphatic heterocycles. The van der Waals surface area contributed by atoms with Crippen LogP contribution in [-0.2, 0) is 4.79 Å². The highest BCUT2D eigenvalue weighted by Crippen LogP contribution is 2.23. The van der Waals surface area contributed by atoms with Gasteiger partial charge in [0.1, 0.15) is 0 Å². The van der Waals surface area contributed by atoms with E-state index in [1.165, 1.54) is 0 Å². The highest BCUT2D eigenvalue weighted by molar-refractivity contribution is 9.10. The van der Waals surface area contributed by atoms with Crippen LogP contribution in [0.4, 0.5) is 0 Å². The van der Waals surface area contributed by atoms with Gasteiger partial charge in [0.05, 0.1) is 11.5 Å². The standard InChI is InChI=1S/C14H16BrNO3/c1-9-4-5-12(15)11(7-9)13(17)16-6-2-3-10(8-16)14(18)19/h4-5,7,10H,2-3,6,8H2,1H3,(H,18,19)/t10-/m0/s1. The van der Waals surface area contributed by atoms with E-state index in [-0.39, 0.29) is 5.91 Å². The fourth-order valence-corrected chi connectivity index (χ4v) is 2.75. The SMILES string of the molecule is Cc1ccc(Br)c(C(=O)N2CCC[C@H](C(=O)O)C2)c1. The van der Waals surface area contributed by atoms with Gasteiger partial charge >= 0.3 is 5.97 Å². The van der Waals surface area contributed by atoms with Crippen LogP contribution in [0.15, 0.2) is 22.7 Å². The molecule has 0 unspecified atom stereocenters. The highest BCUT2D eigenvalue weighted by Gasteiger charge is 2.29. The normalized spacial score (nSPS) is 19.3. The molecule has 1 aromatic carbocycles. The Morgan fingerprint density at radius 2 is 2.16 bits per heavy atom. The molecule has 1 heterocycles. The molecule has 1 saturated heterocycles. The summed E-state index contributed by atoms with van der Waals surface area (Å²) in [5.74, 6) is -1.36. The first-order valence-corrected chi connectivity index (χ1v) is 7.06. The molecule has 1 amide bonds. The number of hydrogen-bond donors (Lipinski definition) is 1. The van der Waals surface area contributed by atoms with Crippen LogP contribution in [0, 0.1) is 12.8 Å². The van der Waals surface area contributed by atoms with Crippen molar-refractivity contribution in [1.29, 1.82) is 0 Å². The van der Waals surface area contributed by atoms with Gasteiger partial charge < -0.3 is 10.0 Å². The Bertz CT molecular complexity index is 515. The van der Waals surface area contributed by atoms with E-state index in [0.29, 0.717) is 25.1 Å². The summed E-state index contributed by atoms with van der Waals surface area (Å²) in [6.45, 7) is 2.86. The first-order valence-electron chi connectivity index (χ1n) is 6.27. The number of halogens is 1. The number of rotatable bonds is 2. The molecule has 102 valence electrons. The molecule has 1 aliphatic rings. The summed E-state index contributed by atoms with van der Waals surface area (Å²) in [5.41, 5.74) is 1.62. The number of benzene rings is 1. The van der Waals surface area contributed by atoms with Crippen LogP contribution in [0.5, 0.6) is 0 Å². The Morgan fingerprint density at radius 1 is 1.42 bits per heavy atom. The molecule has 1 fully saturated rings. The molecule has 2 rings (SSSR count). The molecule has 0 aromatic heterocycles. The van der Waals surface area contributed by atoms with Crippen molar-refractivity contribution in [2.75, 3.05) is 13.1 Å². The van der Waals surface area contributed by atoms with Crippen molar-refractivity contribution in [3.8, 4) is 0 Å². The quantitative estimate of drug-likeness (QED) is 0.909. The predicted molar refractivity (Wildman–Crippen MR) is 75.1 cm³/mol. The zero-order chi connectivity index (χ0) is 14.0. The van der Waals surface area contributed by atoms with Gasteiger partial charge in [0, 0.05) is 17.6 Å². The van der Waals surface area contributed by atoms with Crippen LogP contribution in [0.25, 0.3) is 0 Å². The van der Waals surface area contributed by atoms with Crippen molar-refractivity contribution in [1.82, 2.24) is 4.90 Å². The number of hydrogen-bond acceptors (Lipinski definition) is 2. The van der Waals surface area contributed by atoms with Crippen LogP contribution in [0.2, 0.25) is 0 Å². The zero-order valence-corrected chi connectivity index (χ0v) is 12.3. The minimum absolute atomic E-state index is 0.0958. The van der Waals surface area contributed by atoms with Gasteiger partial charge in [-0.05, 0) is 47.8 Å². The Morgan fingerprint density at radius 3 is 2.84 bits per heavy atom. The van der Waals surface area contributed by atoms with E-state index in [2.05, 4.69) is 15.9 Å². The molecular weight excluding hydrogens is 310 g/mol. The summed E-state index contributed by atoms with van der Waals surface area (Å²) >= 11 is 3.38. The Hall–Kier alpha value is -1.36. The van der Waals surface area contributed by atoms with Gasteiger partial charge in [-0.25, -0.2) is 0 Å². The second-order valence-electron chi connectivity index (χ2n) is 4.91. The van der Waals surface area contributed by atoms with Gasteiger partial charge in [0.15, 0.2) is 0 Å². The molecule has 0 saturated carbocycles. The van der Waals surface area contributed by atoms with E-state index in [9.17, 15) is 9.59 Å². The summed E-state index contributed by atoms with van der Waals surface area (Å²) in [6.07, 6.45) is 1.39. The Balaban J connectivity index is 2.19. The largest absolute Gasteiger partial charge is 0.481 e. The number of carbonyl (C=O) groups excluding carboxylic acids is 1. The fraction of sp³-hybridized carbons (Fsp3) is 0.429. The monoisotopic (exact) mass is 325 g/mol. The topological polar surface area (TPSA) is 57.6 Å². The molecule has 0 spiro atoms. The van der Waals surface area contributed by atoms with Gasteiger partial charge in [-0.3, -0.25) is 9.59 Å². The maximum atomic E-state index is 12.4. The molecule has 1 N–H and O–H groups in total. The van der Waals surface area contributed by atoms with Crippen LogP contribution in [0.3, 0.4) is 0 Å². The molecule has 1 atom stereocenters. The summed E-state index contributed by atoms with van der Waals surface area (Å²) in [5, 5.41) is 9.06. The van der Waals surface area contributed by atoms with Gasteiger partial charge in [-0.15, -0.1) is 0 Å². The van der Waals surface area contributed by atoms with Crippen LogP contribution >= 0.6 is 15.9 Å². The average molecular weight is 326 g/mol. The molecule has 0 aliphatic carbocycles. The minimum atomic E-state index is -0.819. The van der Waals surface area contributed by atoms with E-state index in [4.69, 9.17) is 5.11 Å². The third-order valence-electron chi connectivity index (χ3n) is 3.41. The lowest BCUT2D eigenvalue weighted by Gasteiger charge is -2.31. The molecule has 5 heteroatoms. The van der Waals surface area contributed by atoms with Crippen molar-refractivity contribution < 1.29 is 14.7 Å². The fourth-order valence-electron chi connectivity index (χ4n) is 2.34. The smallest absolute Gasteiger partial charge is 0.308 e. The molecule has 1 aromatic rings. The highest BCUT2D eigenvalue weighted by atomic mass is 79.9. The van der Waals surface area contributed by atoms with Gasteiger partial charge in [0.2, 0.25) is 0 Å². The van der Waals surface area contributed by atoms with Crippen molar-refractivity contribution in [3.63, 3.8) is 0 Å². The molecule has 4 nitrogen and oxygen atoms in total. The lowest BCUT2D eigenvalue weighted by molar-refractivity contribution is -0.143. The van der Waals surface area contributed by atoms with Crippen molar-refractivity contribution in [2.45, 2.75) is 19.8 Å². The Labute approximate surface area is 120 Å². The van der Waals surface area contributed by atoms with E-state index in [1.54, 1.807) is 4.90 Å². The maximum absolute atomic E-state index is 12.4. The van der Waals surface area contributed by atoms with Gasteiger partial charge in [-0.2, -0.15) is 0 Å².